The molecule has 122 valence electrons. The molecule has 0 N–H and O–H groups in total. The number of benzene rings is 1. The molecule has 0 aliphatic carbocycles. The quantitative estimate of drug-likeness (QED) is 0.685. The lowest BCUT2D eigenvalue weighted by Gasteiger charge is -2.27. The number of sulfone groups is 1. The van der Waals surface area contributed by atoms with Crippen LogP contribution in [-0.2, 0) is 14.6 Å². The molecular formula is C14H17Br2NO4S. The highest BCUT2D eigenvalue weighted by atomic mass is 79.9. The van der Waals surface area contributed by atoms with Gasteiger partial charge in [-0.25, -0.2) is 8.42 Å². The van der Waals surface area contributed by atoms with Crippen molar-refractivity contribution in [3.63, 3.8) is 0 Å². The largest absolute Gasteiger partial charge is 0.481 e. The normalized spacial score (nSPS) is 19.9. The molecule has 1 atom stereocenters. The standard InChI is InChI=1S/C14H17Br2NO4S/c1-2-17(10-6-7-22(19,20)9-10)13(18)8-21-14-11(15)4-3-5-12(14)16/h3-5,10H,2,6-9H2,1H3. The smallest absolute Gasteiger partial charge is 0.260 e. The lowest BCUT2D eigenvalue weighted by Crippen LogP contribution is -2.43. The summed E-state index contributed by atoms with van der Waals surface area (Å²) < 4.78 is 30.2. The van der Waals surface area contributed by atoms with Crippen LogP contribution in [0.15, 0.2) is 27.1 Å². The molecule has 2 rings (SSSR count). The van der Waals surface area contributed by atoms with Crippen LogP contribution in [0.25, 0.3) is 0 Å². The second-order valence-corrected chi connectivity index (χ2v) is 9.01. The summed E-state index contributed by atoms with van der Waals surface area (Å²) in [5.41, 5.74) is 0. The first kappa shape index (κ1) is 17.7. The summed E-state index contributed by atoms with van der Waals surface area (Å²) in [6.45, 7) is 2.20. The van der Waals surface area contributed by atoms with Crippen LogP contribution in [0.3, 0.4) is 0 Å². The number of para-hydroxylation sites is 1. The molecule has 1 heterocycles. The van der Waals surface area contributed by atoms with Crippen molar-refractivity contribution in [1.29, 1.82) is 0 Å². The fraction of sp³-hybridized carbons (Fsp3) is 0.500. The Hall–Kier alpha value is -0.600. The molecule has 1 fully saturated rings. The number of carbonyl (C=O) groups excluding carboxylic acids is 1. The highest BCUT2D eigenvalue weighted by Crippen LogP contribution is 2.33. The molecule has 0 bridgehead atoms. The molecule has 0 spiro atoms. The summed E-state index contributed by atoms with van der Waals surface area (Å²) in [4.78, 5) is 13.9. The van der Waals surface area contributed by atoms with E-state index in [1.807, 2.05) is 25.1 Å². The molecular weight excluding hydrogens is 438 g/mol. The van der Waals surface area contributed by atoms with Crippen molar-refractivity contribution < 1.29 is 17.9 Å². The van der Waals surface area contributed by atoms with Crippen molar-refractivity contribution in [3.8, 4) is 5.75 Å². The van der Waals surface area contributed by atoms with E-state index in [0.29, 0.717) is 18.7 Å². The van der Waals surface area contributed by atoms with Crippen molar-refractivity contribution in [2.45, 2.75) is 19.4 Å². The van der Waals surface area contributed by atoms with E-state index in [1.165, 1.54) is 0 Å². The molecule has 1 aliphatic heterocycles. The summed E-state index contributed by atoms with van der Waals surface area (Å²) in [7, 11) is -3.01. The number of amides is 1. The Morgan fingerprint density at radius 1 is 1.36 bits per heavy atom. The molecule has 1 unspecified atom stereocenters. The lowest BCUT2D eigenvalue weighted by atomic mass is 10.2. The van der Waals surface area contributed by atoms with Gasteiger partial charge in [-0.15, -0.1) is 0 Å². The Morgan fingerprint density at radius 3 is 2.50 bits per heavy atom. The third kappa shape index (κ3) is 4.23. The SMILES string of the molecule is CCN(C(=O)COc1c(Br)cccc1Br)C1CCS(=O)(=O)C1. The van der Waals surface area contributed by atoms with Crippen LogP contribution < -0.4 is 4.74 Å². The summed E-state index contributed by atoms with van der Waals surface area (Å²) in [6, 6.07) is 5.26. The van der Waals surface area contributed by atoms with Crippen LogP contribution in [0.2, 0.25) is 0 Å². The van der Waals surface area contributed by atoms with Gasteiger partial charge in [-0.05, 0) is 57.3 Å². The fourth-order valence-corrected chi connectivity index (χ4v) is 5.45. The predicted molar refractivity (Wildman–Crippen MR) is 91.8 cm³/mol. The first-order valence-electron chi connectivity index (χ1n) is 6.90. The van der Waals surface area contributed by atoms with Gasteiger partial charge in [-0.3, -0.25) is 4.79 Å². The number of likely N-dealkylation sites (N-methyl/N-ethyl adjacent to an activating group) is 1. The summed E-state index contributed by atoms with van der Waals surface area (Å²) in [5, 5.41) is 0. The number of carbonyl (C=O) groups is 1. The zero-order valence-corrected chi connectivity index (χ0v) is 16.1. The average Bonchev–Trinajstić information content (AvgIpc) is 2.79. The number of rotatable bonds is 5. The van der Waals surface area contributed by atoms with Crippen LogP contribution in [-0.4, -0.2) is 49.9 Å². The summed E-state index contributed by atoms with van der Waals surface area (Å²) in [5.74, 6) is 0.557. The maximum absolute atomic E-state index is 12.3. The number of hydrogen-bond donors (Lipinski definition) is 0. The predicted octanol–water partition coefficient (Wildman–Crippen LogP) is 2.63. The molecule has 1 amide bonds. The van der Waals surface area contributed by atoms with Crippen molar-refractivity contribution >= 4 is 47.6 Å². The van der Waals surface area contributed by atoms with Crippen molar-refractivity contribution in [2.24, 2.45) is 0 Å². The second-order valence-electron chi connectivity index (χ2n) is 5.08. The van der Waals surface area contributed by atoms with Crippen molar-refractivity contribution in [1.82, 2.24) is 4.90 Å². The minimum absolute atomic E-state index is 0.0469. The van der Waals surface area contributed by atoms with E-state index < -0.39 is 9.84 Å². The molecule has 1 aromatic carbocycles. The van der Waals surface area contributed by atoms with Gasteiger partial charge in [0.25, 0.3) is 5.91 Å². The van der Waals surface area contributed by atoms with E-state index in [4.69, 9.17) is 4.74 Å². The van der Waals surface area contributed by atoms with Gasteiger partial charge in [-0.2, -0.15) is 0 Å². The van der Waals surface area contributed by atoms with E-state index >= 15 is 0 Å². The van der Waals surface area contributed by atoms with E-state index in [0.717, 1.165) is 8.95 Å². The second kappa shape index (κ2) is 7.31. The van der Waals surface area contributed by atoms with Crippen molar-refractivity contribution in [2.75, 3.05) is 24.7 Å². The zero-order valence-electron chi connectivity index (χ0n) is 12.1. The maximum atomic E-state index is 12.3. The first-order chi connectivity index (χ1) is 10.3. The van der Waals surface area contributed by atoms with Crippen LogP contribution in [0.5, 0.6) is 5.75 Å². The first-order valence-corrected chi connectivity index (χ1v) is 10.3. The Bertz CT molecular complexity index is 643. The van der Waals surface area contributed by atoms with E-state index in [9.17, 15) is 13.2 Å². The number of ether oxygens (including phenoxy) is 1. The van der Waals surface area contributed by atoms with Gasteiger partial charge in [0.1, 0.15) is 5.75 Å². The van der Waals surface area contributed by atoms with Crippen LogP contribution in [0.4, 0.5) is 0 Å². The van der Waals surface area contributed by atoms with Crippen LogP contribution >= 0.6 is 31.9 Å². The molecule has 1 aromatic rings. The summed E-state index contributed by atoms with van der Waals surface area (Å²) in [6.07, 6.45) is 0.501. The van der Waals surface area contributed by atoms with E-state index in [-0.39, 0.29) is 30.1 Å². The van der Waals surface area contributed by atoms with Gasteiger partial charge >= 0.3 is 0 Å². The highest BCUT2D eigenvalue weighted by Gasteiger charge is 2.34. The van der Waals surface area contributed by atoms with Crippen LogP contribution in [0.1, 0.15) is 13.3 Å². The van der Waals surface area contributed by atoms with Gasteiger partial charge in [0.2, 0.25) is 0 Å². The number of halogens is 2. The van der Waals surface area contributed by atoms with Crippen LogP contribution in [0, 0.1) is 0 Å². The maximum Gasteiger partial charge on any atom is 0.260 e. The molecule has 22 heavy (non-hydrogen) atoms. The monoisotopic (exact) mass is 453 g/mol. The number of nitrogens with zero attached hydrogens (tertiary/aromatic N) is 1. The van der Waals surface area contributed by atoms with E-state index in [2.05, 4.69) is 31.9 Å². The molecule has 0 aromatic heterocycles. The fourth-order valence-electron chi connectivity index (χ4n) is 2.50. The third-order valence-corrected chi connectivity index (χ3v) is 6.57. The zero-order chi connectivity index (χ0) is 16.3. The minimum Gasteiger partial charge on any atom is -0.481 e. The molecule has 1 aliphatic rings. The van der Waals surface area contributed by atoms with Gasteiger partial charge < -0.3 is 9.64 Å². The summed E-state index contributed by atoms with van der Waals surface area (Å²) >= 11 is 6.75. The Balaban J connectivity index is 2.01. The number of hydrogen-bond acceptors (Lipinski definition) is 4. The minimum atomic E-state index is -3.01. The molecule has 0 saturated carbocycles. The highest BCUT2D eigenvalue weighted by molar-refractivity contribution is 9.11. The molecule has 1 saturated heterocycles. The van der Waals surface area contributed by atoms with Gasteiger partial charge in [-0.1, -0.05) is 6.07 Å². The van der Waals surface area contributed by atoms with Gasteiger partial charge in [0, 0.05) is 12.6 Å². The Morgan fingerprint density at radius 2 is 2.00 bits per heavy atom. The topological polar surface area (TPSA) is 63.7 Å². The Kier molecular flexibility index (Phi) is 5.90. The molecule has 5 nitrogen and oxygen atoms in total. The molecule has 0 radical (unpaired) electrons. The lowest BCUT2D eigenvalue weighted by molar-refractivity contribution is -0.135. The van der Waals surface area contributed by atoms with Gasteiger partial charge in [0.05, 0.1) is 20.5 Å². The average molecular weight is 455 g/mol. The van der Waals surface area contributed by atoms with E-state index in [1.54, 1.807) is 4.90 Å². The Labute approximate surface area is 147 Å². The third-order valence-electron chi connectivity index (χ3n) is 3.57. The van der Waals surface area contributed by atoms with Gasteiger partial charge in [0.15, 0.2) is 16.4 Å². The van der Waals surface area contributed by atoms with Crippen molar-refractivity contribution in [3.05, 3.63) is 27.1 Å². The molecule has 8 heteroatoms.